The molecule has 1 aromatic heterocycles. The number of thioether (sulfide) groups is 1. The van der Waals surface area contributed by atoms with Gasteiger partial charge in [0.05, 0.1) is 48.4 Å². The standard InChI is InChI=1S/C31H38ClN11O8S2.Na/c1-31(2,29(49)50)51-39-20(17-14-53-30(34)37-17)26(47)38-21-27(48)42-22(24(33)41(3)40-35)15(13-52-28(21)42)12-43(9-4-5-10-43)11-8-36-25(46)16-6-7-18(44)23(45)19(16)32;/h6-7,14,21,28,33H,4-5,8-13H2,1-3H3,(H7-,34,35,36,37,38,39,40,44,45,46,47,49,50);/q;+1. The van der Waals surface area contributed by atoms with E-state index in [-0.39, 0.29) is 69.0 Å². The predicted octanol–water partition coefficient (Wildman–Crippen LogP) is -2.41. The number of carboxylic acids is 1. The van der Waals surface area contributed by atoms with E-state index in [4.69, 9.17) is 33.1 Å². The molecule has 0 saturated carbocycles. The van der Waals surface area contributed by atoms with E-state index in [9.17, 15) is 34.5 Å². The van der Waals surface area contributed by atoms with Crippen LogP contribution in [0.15, 0.2) is 39.2 Å². The fourth-order valence-corrected chi connectivity index (χ4v) is 8.27. The topological polar surface area (TPSA) is 283 Å². The first kappa shape index (κ1) is 42.7. The number of nitrogens with one attached hydrogen (secondary N) is 4. The van der Waals surface area contributed by atoms with Crippen LogP contribution in [0.25, 0.3) is 0 Å². The maximum absolute atomic E-state index is 13.8. The van der Waals surface area contributed by atoms with Crippen LogP contribution < -0.4 is 51.0 Å². The van der Waals surface area contributed by atoms with Gasteiger partial charge in [-0.3, -0.25) is 24.7 Å². The Bertz CT molecular complexity index is 1920. The third-order valence-corrected chi connectivity index (χ3v) is 11.5. The number of amides is 3. The fraction of sp³-hybridized carbons (Fsp3) is 0.452. The largest absolute Gasteiger partial charge is 1.00 e. The molecule has 0 aliphatic carbocycles. The van der Waals surface area contributed by atoms with Crippen LogP contribution in [-0.2, 0) is 19.2 Å². The van der Waals surface area contributed by atoms with Crippen LogP contribution in [0.5, 0.6) is 11.5 Å². The number of aliphatic carboxylic acids is 1. The third kappa shape index (κ3) is 8.77. The average Bonchev–Trinajstić information content (AvgIpc) is 3.77. The number of amidine groups is 1. The van der Waals surface area contributed by atoms with Gasteiger partial charge in [-0.25, -0.2) is 9.99 Å². The van der Waals surface area contributed by atoms with Gasteiger partial charge >= 0.3 is 29.6 Å². The molecule has 2 atom stereocenters. The fourth-order valence-electron chi connectivity index (χ4n) is 6.15. The van der Waals surface area contributed by atoms with Crippen molar-refractivity contribution in [3.8, 4) is 11.5 Å². The summed E-state index contributed by atoms with van der Waals surface area (Å²) < 4.78 is 0.537. The van der Waals surface area contributed by atoms with Crippen molar-refractivity contribution in [1.29, 1.82) is 10.9 Å². The number of likely N-dealkylation sites (tertiary alicyclic amines) is 1. The van der Waals surface area contributed by atoms with E-state index in [1.807, 2.05) is 0 Å². The molecule has 0 radical (unpaired) electrons. The van der Waals surface area contributed by atoms with Crippen LogP contribution in [-0.4, -0.2) is 127 Å². The Morgan fingerprint density at radius 2 is 1.96 bits per heavy atom. The van der Waals surface area contributed by atoms with E-state index >= 15 is 0 Å². The predicted molar refractivity (Wildman–Crippen MR) is 192 cm³/mol. The summed E-state index contributed by atoms with van der Waals surface area (Å²) in [7, 11) is 1.42. The first-order valence-electron chi connectivity index (χ1n) is 16.2. The van der Waals surface area contributed by atoms with Gasteiger partial charge in [-0.15, -0.1) is 23.1 Å². The summed E-state index contributed by atoms with van der Waals surface area (Å²) in [6.45, 7) is 5.07. The number of likely N-dealkylation sites (N-methyl/N-ethyl adjacent to an activating group) is 1. The monoisotopic (exact) mass is 814 g/mol. The van der Waals surface area contributed by atoms with Crippen molar-refractivity contribution in [3.63, 3.8) is 0 Å². The van der Waals surface area contributed by atoms with Gasteiger partial charge in [0.25, 0.3) is 17.7 Å². The number of β-lactam (4-membered cyclic amide) rings is 1. The molecule has 4 heterocycles. The Morgan fingerprint density at radius 3 is 2.57 bits per heavy atom. The molecule has 19 nitrogen and oxygen atoms in total. The minimum atomic E-state index is -1.90. The zero-order valence-electron chi connectivity index (χ0n) is 29.8. The molecular formula is C31H38ClN11NaO8S2+. The summed E-state index contributed by atoms with van der Waals surface area (Å²) in [5.41, 5.74) is 12.0. The maximum Gasteiger partial charge on any atom is 1.00 e. The first-order chi connectivity index (χ1) is 25.0. The van der Waals surface area contributed by atoms with Crippen molar-refractivity contribution in [1.82, 2.24) is 25.5 Å². The number of nitrogen functional groups attached to an aromatic ring is 1. The molecule has 3 aliphatic heterocycles. The second-order valence-electron chi connectivity index (χ2n) is 13.1. The molecule has 3 aliphatic rings. The number of fused-ring (bicyclic) bond motifs is 1. The van der Waals surface area contributed by atoms with Crippen molar-refractivity contribution in [2.45, 2.75) is 43.7 Å². The van der Waals surface area contributed by atoms with Gasteiger partial charge in [0.1, 0.15) is 23.7 Å². The molecule has 284 valence electrons. The Morgan fingerprint density at radius 1 is 1.28 bits per heavy atom. The zero-order valence-corrected chi connectivity index (χ0v) is 34.2. The SMILES string of the molecule is CN(N=N)C(=N)C1=C(C[N+]2(CCNC(=O)c3ccc(O)c(O)c3Cl)CCCC2)CSC2C(NC(=O)/C(=N\OC(C)(C)C(=O)[O-])c3csc(N)n3)C(=O)N12.[Na+]. The summed E-state index contributed by atoms with van der Waals surface area (Å²) in [6, 6.07) is 1.42. The number of hydrogen-bond acceptors (Lipinski definition) is 16. The van der Waals surface area contributed by atoms with E-state index in [1.165, 1.54) is 55.1 Å². The molecule has 1 aromatic carbocycles. The van der Waals surface area contributed by atoms with Gasteiger partial charge in [-0.2, -0.15) is 5.53 Å². The number of carbonyl (C=O) groups excluding carboxylic acids is 4. The molecule has 2 unspecified atom stereocenters. The number of rotatable bonds is 14. The average molecular weight is 815 g/mol. The molecule has 5 rings (SSSR count). The maximum atomic E-state index is 13.8. The molecule has 0 spiro atoms. The normalized spacial score (nSPS) is 19.2. The number of halogens is 1. The van der Waals surface area contributed by atoms with Crippen molar-refractivity contribution < 1.29 is 73.4 Å². The number of benzene rings is 1. The molecule has 3 amide bonds. The summed E-state index contributed by atoms with van der Waals surface area (Å²) in [4.78, 5) is 62.4. The number of aromatic nitrogens is 1. The molecule has 2 fully saturated rings. The van der Waals surface area contributed by atoms with Gasteiger partial charge in [0.2, 0.25) is 0 Å². The van der Waals surface area contributed by atoms with Crippen LogP contribution in [0.2, 0.25) is 5.02 Å². The van der Waals surface area contributed by atoms with E-state index in [0.717, 1.165) is 47.8 Å². The quantitative estimate of drug-likeness (QED) is 0.0154. The Kier molecular flexibility index (Phi) is 13.6. The minimum Gasteiger partial charge on any atom is -0.546 e. The number of carbonyl (C=O) groups is 4. The van der Waals surface area contributed by atoms with Crippen LogP contribution in [0.3, 0.4) is 0 Å². The first-order valence-corrected chi connectivity index (χ1v) is 18.5. The number of oxime groups is 1. The van der Waals surface area contributed by atoms with Gasteiger partial charge in [-0.05, 0) is 26.0 Å². The number of nitrogens with two attached hydrogens (primary N) is 1. The van der Waals surface area contributed by atoms with Crippen molar-refractivity contribution in [2.24, 2.45) is 10.4 Å². The van der Waals surface area contributed by atoms with E-state index in [1.54, 1.807) is 0 Å². The summed E-state index contributed by atoms with van der Waals surface area (Å²) in [5.74, 6) is -4.37. The van der Waals surface area contributed by atoms with Gasteiger partial charge in [0, 0.05) is 36.6 Å². The molecule has 0 bridgehead atoms. The second kappa shape index (κ2) is 17.2. The van der Waals surface area contributed by atoms with E-state index in [2.05, 4.69) is 26.0 Å². The molecule has 2 aromatic rings. The van der Waals surface area contributed by atoms with Crippen molar-refractivity contribution in [3.05, 3.63) is 45.1 Å². The smallest absolute Gasteiger partial charge is 0.546 e. The Labute approximate surface area is 344 Å². The second-order valence-corrected chi connectivity index (χ2v) is 15.5. The summed E-state index contributed by atoms with van der Waals surface area (Å²) in [5, 5.41) is 54.3. The van der Waals surface area contributed by atoms with Crippen molar-refractivity contribution >= 4 is 75.1 Å². The van der Waals surface area contributed by atoms with Crippen LogP contribution >= 0.6 is 34.7 Å². The van der Waals surface area contributed by atoms with E-state index in [0.29, 0.717) is 23.3 Å². The number of quaternary nitrogens is 1. The summed E-state index contributed by atoms with van der Waals surface area (Å²) in [6.07, 6.45) is 1.83. The number of hydrogen-bond donors (Lipinski definition) is 7. The number of aromatic hydroxyl groups is 2. The third-order valence-electron chi connectivity index (χ3n) is 9.12. The van der Waals surface area contributed by atoms with Gasteiger partial charge in [0.15, 0.2) is 33.8 Å². The number of phenolic OH excluding ortho intramolecular Hbond substituents is 2. The van der Waals surface area contributed by atoms with Crippen LogP contribution in [0, 0.1) is 10.9 Å². The van der Waals surface area contributed by atoms with Crippen LogP contribution in [0.4, 0.5) is 5.13 Å². The number of nitrogens with zero attached hydrogens (tertiary/aromatic N) is 6. The number of phenols is 2. The number of thiazole rings is 1. The minimum absolute atomic E-state index is 0. The summed E-state index contributed by atoms with van der Waals surface area (Å²) >= 11 is 8.47. The van der Waals surface area contributed by atoms with Gasteiger partial charge in [-0.1, -0.05) is 22.0 Å². The Balaban J connectivity index is 0.00000650. The Hall–Kier alpha value is -3.99. The van der Waals surface area contributed by atoms with Gasteiger partial charge < -0.3 is 45.8 Å². The van der Waals surface area contributed by atoms with E-state index < -0.39 is 57.9 Å². The number of anilines is 1. The molecule has 2 saturated heterocycles. The molecule has 54 heavy (non-hydrogen) atoms. The molecule has 23 heteroatoms. The number of carboxylic acid groups (broad SMARTS) is 1. The zero-order chi connectivity index (χ0) is 38.8. The molecular weight excluding hydrogens is 777 g/mol. The van der Waals surface area contributed by atoms with Crippen molar-refractivity contribution in [2.75, 3.05) is 51.3 Å². The molecule has 8 N–H and O–H groups in total. The van der Waals surface area contributed by atoms with Crippen LogP contribution in [0.1, 0.15) is 42.7 Å².